The Balaban J connectivity index is 1.85. The normalized spacial score (nSPS) is 31.8. The molecule has 2 aromatic rings. The van der Waals surface area contributed by atoms with E-state index in [1.165, 1.54) is 10.4 Å². The smallest absolute Gasteiger partial charge is 0.261 e. The van der Waals surface area contributed by atoms with Crippen LogP contribution in [0.2, 0.25) is 5.04 Å². The molecule has 0 aromatic heterocycles. The van der Waals surface area contributed by atoms with Crippen LogP contribution in [0.4, 0.5) is 0 Å². The molecule has 0 bridgehead atoms. The number of terminal acetylenes is 1. The Hall–Kier alpha value is -1.84. The minimum Gasteiger partial charge on any atom is -0.400 e. The van der Waals surface area contributed by atoms with Crippen LogP contribution in [0.25, 0.3) is 0 Å². The van der Waals surface area contributed by atoms with Gasteiger partial charge in [-0.3, -0.25) is 0 Å². The van der Waals surface area contributed by atoms with Gasteiger partial charge in [-0.15, -0.1) is 6.42 Å². The number of ether oxygens (including phenoxy) is 1. The molecule has 5 atom stereocenters. The fourth-order valence-electron chi connectivity index (χ4n) is 4.67. The van der Waals surface area contributed by atoms with Gasteiger partial charge in [0, 0.05) is 6.00 Å². The maximum Gasteiger partial charge on any atom is 0.261 e. The van der Waals surface area contributed by atoms with E-state index in [9.17, 15) is 5.11 Å². The van der Waals surface area contributed by atoms with Crippen LogP contribution in [-0.4, -0.2) is 45.6 Å². The van der Waals surface area contributed by atoms with Crippen molar-refractivity contribution in [2.75, 3.05) is 0 Å². The molecule has 1 heterocycles. The van der Waals surface area contributed by atoms with Crippen LogP contribution in [0.1, 0.15) is 20.8 Å². The first-order chi connectivity index (χ1) is 13.3. The van der Waals surface area contributed by atoms with Gasteiger partial charge in [0.25, 0.3) is 8.32 Å². The maximum absolute atomic E-state index is 10.6. The fourth-order valence-corrected chi connectivity index (χ4v) is 9.38. The Morgan fingerprint density at radius 2 is 1.57 bits per heavy atom. The minimum atomic E-state index is -2.76. The van der Waals surface area contributed by atoms with Gasteiger partial charge in [-0.25, -0.2) is 0 Å². The molecule has 2 aromatic carbocycles. The van der Waals surface area contributed by atoms with Crippen molar-refractivity contribution in [3.8, 4) is 12.3 Å². The number of aliphatic hydroxyl groups excluding tert-OH is 1. The van der Waals surface area contributed by atoms with Gasteiger partial charge in [-0.2, -0.15) is 0 Å². The molecule has 2 aliphatic rings. The summed E-state index contributed by atoms with van der Waals surface area (Å²) in [5, 5.41) is 12.8. The summed E-state index contributed by atoms with van der Waals surface area (Å²) in [5.74, 6) is 2.76. The van der Waals surface area contributed by atoms with Crippen LogP contribution in [0.5, 0.6) is 0 Å². The van der Waals surface area contributed by atoms with Crippen molar-refractivity contribution >= 4 is 26.5 Å². The van der Waals surface area contributed by atoms with Crippen LogP contribution in [0.15, 0.2) is 60.7 Å². The predicted molar refractivity (Wildman–Crippen MR) is 114 cm³/mol. The average molecular weight is 388 g/mol. The molecule has 3 nitrogen and oxygen atoms in total. The number of benzene rings is 2. The zero-order valence-corrected chi connectivity index (χ0v) is 17.5. The molecule has 2 fully saturated rings. The molecule has 0 amide bonds. The van der Waals surface area contributed by atoms with Crippen LogP contribution in [-0.2, 0) is 9.16 Å². The summed E-state index contributed by atoms with van der Waals surface area (Å²) in [4.78, 5) is 0. The van der Waals surface area contributed by atoms with Crippen LogP contribution in [0.3, 0.4) is 0 Å². The number of aliphatic hydroxyl groups is 1. The molecule has 1 saturated heterocycles. The van der Waals surface area contributed by atoms with Gasteiger partial charge in [0.05, 0.1) is 12.2 Å². The van der Waals surface area contributed by atoms with Gasteiger partial charge in [0.15, 0.2) is 0 Å². The van der Waals surface area contributed by atoms with E-state index in [0.29, 0.717) is 0 Å². The lowest BCUT2D eigenvalue weighted by molar-refractivity contribution is 0.00978. The van der Waals surface area contributed by atoms with E-state index in [0.717, 1.165) is 0 Å². The summed E-state index contributed by atoms with van der Waals surface area (Å²) >= 11 is 0. The second-order valence-electron chi connectivity index (χ2n) is 8.75. The Bertz CT molecular complexity index is 850. The highest BCUT2D eigenvalue weighted by molar-refractivity contribution is 6.99. The van der Waals surface area contributed by atoms with Crippen molar-refractivity contribution in [1.29, 1.82) is 0 Å². The van der Waals surface area contributed by atoms with E-state index in [-0.39, 0.29) is 17.2 Å². The summed E-state index contributed by atoms with van der Waals surface area (Å²) in [7, 11) is 3.12. The van der Waals surface area contributed by atoms with E-state index < -0.39 is 25.8 Å². The Morgan fingerprint density at radius 3 is 1.96 bits per heavy atom. The molecule has 1 aliphatic heterocycles. The lowest BCUT2D eigenvalue weighted by Crippen LogP contribution is -2.67. The van der Waals surface area contributed by atoms with E-state index in [1.807, 2.05) is 36.4 Å². The first kappa shape index (κ1) is 19.5. The molecule has 4 rings (SSSR count). The van der Waals surface area contributed by atoms with Crippen LogP contribution >= 0.6 is 0 Å². The van der Waals surface area contributed by atoms with Crippen molar-refractivity contribution in [1.82, 2.24) is 0 Å². The van der Waals surface area contributed by atoms with E-state index >= 15 is 0 Å². The zero-order valence-electron chi connectivity index (χ0n) is 16.5. The topological polar surface area (TPSA) is 38.7 Å². The van der Waals surface area contributed by atoms with Crippen molar-refractivity contribution in [2.24, 2.45) is 5.41 Å². The first-order valence-corrected chi connectivity index (χ1v) is 11.6. The summed E-state index contributed by atoms with van der Waals surface area (Å²) in [6, 6.07) is 20.0. The van der Waals surface area contributed by atoms with Crippen molar-refractivity contribution < 1.29 is 14.3 Å². The van der Waals surface area contributed by atoms with Gasteiger partial charge >= 0.3 is 0 Å². The standard InChI is InChI=1S/C23H25BO3Si/c1-5-23-18(25)21(24)26-19(23)20(23)27-28(22(2,3)4,16-12-8-6-9-13-16)17-14-10-7-11-15-17/h1,6-15,18-21,25H,2-4H3/t18-,19+,20?,21+,23+/m0/s1. The van der Waals surface area contributed by atoms with E-state index in [1.54, 1.807) is 0 Å². The highest BCUT2D eigenvalue weighted by atomic mass is 28.4. The molecular formula is C23H25BO3Si. The number of hydrogen-bond acceptors (Lipinski definition) is 3. The van der Waals surface area contributed by atoms with Crippen molar-refractivity contribution in [3.05, 3.63) is 60.7 Å². The number of hydrogen-bond donors (Lipinski definition) is 1. The maximum atomic E-state index is 10.6. The highest BCUT2D eigenvalue weighted by Crippen LogP contribution is 2.60. The third-order valence-corrected chi connectivity index (χ3v) is 11.2. The summed E-state index contributed by atoms with van der Waals surface area (Å²) < 4.78 is 12.8. The second-order valence-corrected chi connectivity index (χ2v) is 13.0. The summed E-state index contributed by atoms with van der Waals surface area (Å²) in [5.41, 5.74) is -0.869. The van der Waals surface area contributed by atoms with Crippen LogP contribution in [0, 0.1) is 17.8 Å². The molecule has 5 heteroatoms. The quantitative estimate of drug-likeness (QED) is 0.642. The molecule has 2 radical (unpaired) electrons. The molecule has 1 saturated carbocycles. The SMILES string of the molecule is [B][C@@H]1O[C@@H]2C(O[Si](c3ccccc3)(c3ccccc3)C(C)(C)C)[C@]2(C#C)[C@H]1O. The van der Waals surface area contributed by atoms with Crippen LogP contribution < -0.4 is 10.4 Å². The second kappa shape index (κ2) is 6.60. The van der Waals surface area contributed by atoms with Gasteiger partial charge in [0.2, 0.25) is 0 Å². The summed E-state index contributed by atoms with van der Waals surface area (Å²) in [6.07, 6.45) is 4.18. The highest BCUT2D eigenvalue weighted by Gasteiger charge is 2.77. The third-order valence-electron chi connectivity index (χ3n) is 6.18. The Labute approximate surface area is 169 Å². The monoisotopic (exact) mass is 388 g/mol. The van der Waals surface area contributed by atoms with Gasteiger partial charge < -0.3 is 14.3 Å². The van der Waals surface area contributed by atoms with Gasteiger partial charge in [-0.05, 0) is 15.4 Å². The first-order valence-electron chi connectivity index (χ1n) is 9.65. The average Bonchev–Trinajstić information content (AvgIpc) is 3.22. The third kappa shape index (κ3) is 2.56. The molecule has 1 N–H and O–H groups in total. The van der Waals surface area contributed by atoms with Crippen molar-refractivity contribution in [2.45, 2.75) is 50.1 Å². The molecule has 142 valence electrons. The van der Waals surface area contributed by atoms with E-state index in [2.05, 4.69) is 51.0 Å². The Morgan fingerprint density at radius 1 is 1.07 bits per heavy atom. The minimum absolute atomic E-state index is 0.171. The Kier molecular flexibility index (Phi) is 4.59. The van der Waals surface area contributed by atoms with Gasteiger partial charge in [0.1, 0.15) is 19.4 Å². The molecule has 28 heavy (non-hydrogen) atoms. The number of fused-ring (bicyclic) bond motifs is 1. The molecule has 1 aliphatic carbocycles. The zero-order chi connectivity index (χ0) is 20.2. The summed E-state index contributed by atoms with van der Waals surface area (Å²) in [6.45, 7) is 6.63. The van der Waals surface area contributed by atoms with Crippen molar-refractivity contribution in [3.63, 3.8) is 0 Å². The molecule has 1 unspecified atom stereocenters. The predicted octanol–water partition coefficient (Wildman–Crippen LogP) is 1.82. The molecular weight excluding hydrogens is 363 g/mol. The number of rotatable bonds is 4. The van der Waals surface area contributed by atoms with Gasteiger partial charge in [-0.1, -0.05) is 87.4 Å². The molecule has 0 spiro atoms. The largest absolute Gasteiger partial charge is 0.400 e. The lowest BCUT2D eigenvalue weighted by Gasteiger charge is -2.44. The van der Waals surface area contributed by atoms with E-state index in [4.69, 9.17) is 23.4 Å². The fraction of sp³-hybridized carbons (Fsp3) is 0.391. The lowest BCUT2D eigenvalue weighted by atomic mass is 9.86.